The van der Waals surface area contributed by atoms with Gasteiger partial charge in [0.15, 0.2) is 0 Å². The molecule has 0 fully saturated rings. The van der Waals surface area contributed by atoms with Gasteiger partial charge in [-0.05, 0) is 0 Å². The van der Waals surface area contributed by atoms with Crippen LogP contribution in [0.2, 0.25) is 0 Å². The van der Waals surface area contributed by atoms with E-state index in [1.54, 1.807) is 0 Å². The molecule has 7 heavy (non-hydrogen) atoms. The van der Waals surface area contributed by atoms with Crippen molar-refractivity contribution in [3.63, 3.8) is 0 Å². The van der Waals surface area contributed by atoms with Crippen LogP contribution < -0.4 is 108 Å². The molecule has 0 rings (SSSR count). The molecule has 0 aromatic carbocycles. The molecule has 4 nitrogen and oxygen atoms in total. The van der Waals surface area contributed by atoms with E-state index in [-0.39, 0.29) is 104 Å². The van der Waals surface area contributed by atoms with Crippen LogP contribution in [0.3, 0.4) is 0 Å². The zero-order valence-electron chi connectivity index (χ0n) is 5.16. The van der Waals surface area contributed by atoms with Gasteiger partial charge in [-0.15, -0.1) is 0 Å². The van der Waals surface area contributed by atoms with Gasteiger partial charge in [-0.25, -0.2) is 0 Å². The second-order valence-electron chi connectivity index (χ2n) is 0.491. The molecule has 0 unspecified atom stereocenters. The number of hydrogen-bond acceptors (Lipinski definition) is 2. The van der Waals surface area contributed by atoms with Crippen LogP contribution in [0.4, 0.5) is 0 Å². The maximum Gasteiger partial charge on any atom is 1.00 e. The average Bonchev–Trinajstić information content (AvgIpc) is 0.722. The van der Waals surface area contributed by atoms with Crippen LogP contribution in [0, 0.1) is 0 Å². The minimum absolute atomic E-state index is 0. The zero-order chi connectivity index (χ0) is 4.50. The molecular weight excluding hydrogens is 173 g/mol. The first-order valence-electron chi connectivity index (χ1n) is 0.765. The summed E-state index contributed by atoms with van der Waals surface area (Å²) < 4.78 is 8.77. The van der Waals surface area contributed by atoms with Crippen LogP contribution in [-0.2, 0) is 4.57 Å². The van der Waals surface area contributed by atoms with E-state index in [4.69, 9.17) is 19.2 Å². The molecule has 2 N–H and O–H groups in total. The van der Waals surface area contributed by atoms with E-state index in [1.807, 2.05) is 0 Å². The fourth-order valence-corrected chi connectivity index (χ4v) is 0. The Morgan fingerprint density at radius 1 is 1.43 bits per heavy atom. The van der Waals surface area contributed by atoms with Crippen molar-refractivity contribution >= 4 is 7.82 Å². The average molecular weight is 176 g/mol. The normalized spacial score (nSPS) is 8.43. The molecule has 34 valence electrons. The van der Waals surface area contributed by atoms with Crippen molar-refractivity contribution in [2.75, 3.05) is 0 Å². The maximum atomic E-state index is 8.77. The van der Waals surface area contributed by atoms with Crippen molar-refractivity contribution < 1.29 is 123 Å². The van der Waals surface area contributed by atoms with E-state index in [0.29, 0.717) is 0 Å². The van der Waals surface area contributed by atoms with Gasteiger partial charge in [0, 0.05) is 0 Å². The third kappa shape index (κ3) is 44.7. The summed E-state index contributed by atoms with van der Waals surface area (Å²) in [5, 5.41) is 0. The Hall–Kier alpha value is 3.38. The summed E-state index contributed by atoms with van der Waals surface area (Å²) in [7, 11) is -4.89. The molecule has 0 heterocycles. The zero-order valence-corrected chi connectivity index (χ0v) is 11.3. The summed E-state index contributed by atoms with van der Waals surface area (Å²) in [6.45, 7) is 0. The first-order chi connectivity index (χ1) is 2.00. The summed E-state index contributed by atoms with van der Waals surface area (Å²) in [5.41, 5.74) is 0. The van der Waals surface area contributed by atoms with Gasteiger partial charge in [0.05, 0.1) is 0 Å². The predicted octanol–water partition coefficient (Wildman–Crippen LogP) is -7.44. The molecule has 0 aromatic rings. The van der Waals surface area contributed by atoms with E-state index in [9.17, 15) is 0 Å². The second kappa shape index (κ2) is 7.49. The van der Waals surface area contributed by atoms with Gasteiger partial charge >= 0.3 is 103 Å². The Labute approximate surface area is 128 Å². The third-order valence-corrected chi connectivity index (χ3v) is 0. The van der Waals surface area contributed by atoms with E-state index in [1.165, 1.54) is 0 Å². The Bertz CT molecular complexity index is 60.2. The molecular formula is H3K2O4P. The van der Waals surface area contributed by atoms with Crippen molar-refractivity contribution in [1.29, 1.82) is 0 Å². The first-order valence-corrected chi connectivity index (χ1v) is 2.30. The molecule has 0 aromatic heterocycles. The molecule has 0 spiro atoms. The Balaban J connectivity index is -0.0000000267. The molecule has 0 aliphatic rings. The van der Waals surface area contributed by atoms with E-state index < -0.39 is 7.82 Å². The van der Waals surface area contributed by atoms with Crippen LogP contribution in [0.5, 0.6) is 0 Å². The Morgan fingerprint density at radius 2 is 1.43 bits per heavy atom. The quantitative estimate of drug-likeness (QED) is 0.284. The van der Waals surface area contributed by atoms with E-state index >= 15 is 0 Å². The number of phosphoric acid groups is 1. The summed E-state index contributed by atoms with van der Waals surface area (Å²) in [5.74, 6) is 0. The minimum atomic E-state index is -4.89. The van der Waals surface area contributed by atoms with Crippen LogP contribution in [0.25, 0.3) is 0 Å². The third-order valence-electron chi connectivity index (χ3n) is 0. The molecule has 0 saturated heterocycles. The topological polar surface area (TPSA) is 80.6 Å². The van der Waals surface area contributed by atoms with Crippen molar-refractivity contribution in [3.05, 3.63) is 0 Å². The fraction of sp³-hybridized carbons (Fsp3) is 0. The molecule has 0 saturated carbocycles. The SMILES string of the molecule is O=P([O-])(O)O.[H-].[K+].[K+]. The summed E-state index contributed by atoms with van der Waals surface area (Å²) in [6, 6.07) is 0. The van der Waals surface area contributed by atoms with Crippen LogP contribution >= 0.6 is 7.82 Å². The minimum Gasteiger partial charge on any atom is -1.00 e. The smallest absolute Gasteiger partial charge is 1.00 e. The van der Waals surface area contributed by atoms with Gasteiger partial charge < -0.3 is 16.1 Å². The molecule has 0 bridgehead atoms. The molecule has 0 radical (unpaired) electrons. The monoisotopic (exact) mass is 176 g/mol. The second-order valence-corrected chi connectivity index (χ2v) is 1.47. The van der Waals surface area contributed by atoms with Gasteiger partial charge in [0.25, 0.3) is 7.82 Å². The largest absolute Gasteiger partial charge is 1.00 e. The van der Waals surface area contributed by atoms with Gasteiger partial charge in [0.1, 0.15) is 0 Å². The Morgan fingerprint density at radius 3 is 1.43 bits per heavy atom. The van der Waals surface area contributed by atoms with Crippen molar-refractivity contribution in [1.82, 2.24) is 0 Å². The molecule has 0 amide bonds. The van der Waals surface area contributed by atoms with Gasteiger partial charge in [0.2, 0.25) is 0 Å². The number of hydrogen-bond donors (Lipinski definition) is 2. The maximum absolute atomic E-state index is 8.77. The van der Waals surface area contributed by atoms with Gasteiger partial charge in [-0.1, -0.05) is 0 Å². The van der Waals surface area contributed by atoms with E-state index in [2.05, 4.69) is 0 Å². The van der Waals surface area contributed by atoms with Crippen LogP contribution in [0.1, 0.15) is 1.43 Å². The standard InChI is InChI=1S/2K.H3O4P.H/c;;1-5(2,3)4;/h;;(H3,1,2,3,4);/q2*+1;;-1/p-1. The predicted molar refractivity (Wildman–Crippen MR) is 13.2 cm³/mol. The molecule has 0 atom stereocenters. The summed E-state index contributed by atoms with van der Waals surface area (Å²) >= 11 is 0. The number of rotatable bonds is 0. The molecule has 7 heteroatoms. The van der Waals surface area contributed by atoms with E-state index in [0.717, 1.165) is 0 Å². The van der Waals surface area contributed by atoms with Crippen molar-refractivity contribution in [2.24, 2.45) is 0 Å². The molecule has 0 aliphatic carbocycles. The first kappa shape index (κ1) is 16.8. The summed E-state index contributed by atoms with van der Waals surface area (Å²) in [4.78, 5) is 22.9. The Kier molecular flexibility index (Phi) is 17.9. The summed E-state index contributed by atoms with van der Waals surface area (Å²) in [6.07, 6.45) is 0. The van der Waals surface area contributed by atoms with Gasteiger partial charge in [-0.2, -0.15) is 0 Å². The van der Waals surface area contributed by atoms with Crippen molar-refractivity contribution in [2.45, 2.75) is 0 Å². The van der Waals surface area contributed by atoms with Crippen LogP contribution in [-0.4, -0.2) is 9.79 Å². The van der Waals surface area contributed by atoms with Gasteiger partial charge in [-0.3, -0.25) is 4.57 Å². The van der Waals surface area contributed by atoms with Crippen LogP contribution in [0.15, 0.2) is 0 Å². The fourth-order valence-electron chi connectivity index (χ4n) is 0. The molecule has 0 aliphatic heterocycles. The van der Waals surface area contributed by atoms with Crippen molar-refractivity contribution in [3.8, 4) is 0 Å².